The van der Waals surface area contributed by atoms with Crippen molar-refractivity contribution >= 4 is 40.6 Å². The molecule has 2 aromatic heterocycles. The van der Waals surface area contributed by atoms with Crippen molar-refractivity contribution in [1.29, 1.82) is 0 Å². The summed E-state index contributed by atoms with van der Waals surface area (Å²) in [7, 11) is 0. The van der Waals surface area contributed by atoms with E-state index in [1.807, 2.05) is 19.1 Å². The van der Waals surface area contributed by atoms with Gasteiger partial charge in [0.1, 0.15) is 15.7 Å². The van der Waals surface area contributed by atoms with Crippen LogP contribution in [0.15, 0.2) is 48.7 Å². The van der Waals surface area contributed by atoms with Crippen LogP contribution in [0.25, 0.3) is 16.9 Å². The summed E-state index contributed by atoms with van der Waals surface area (Å²) in [6.07, 6.45) is -1.16. The van der Waals surface area contributed by atoms with Crippen LogP contribution in [0.2, 0.25) is 0 Å². The number of Topliss-reactive ketones (excluding diaryl/α,β-unsaturated/α-hetero) is 1. The minimum absolute atomic E-state index is 0.102. The van der Waals surface area contributed by atoms with Gasteiger partial charge in [0.25, 0.3) is 0 Å². The standard InChI is InChI=1S/C30H27F5N4OS2/c1-17-12-19(4-6-21(17)26(40)13-18-2-3-18)25-16-37-28-24(36-9-8-29(33,34)35)15-27(38-39(25)28)30(41-10-11-42-30)22-14-20(31)5-7-23(22)32/h4-7,12,14-16,18,36H,2-3,8-11,13H2,1H3. The number of hydrogen-bond acceptors (Lipinski definition) is 6. The number of anilines is 1. The molecule has 1 saturated heterocycles. The first-order valence-corrected chi connectivity index (χ1v) is 15.6. The lowest BCUT2D eigenvalue weighted by molar-refractivity contribution is -0.131. The number of benzene rings is 2. The van der Waals surface area contributed by atoms with E-state index >= 15 is 4.39 Å². The molecule has 0 spiro atoms. The minimum Gasteiger partial charge on any atom is -0.382 e. The zero-order chi connectivity index (χ0) is 29.6. The van der Waals surface area contributed by atoms with E-state index in [1.54, 1.807) is 18.3 Å². The Morgan fingerprint density at radius 2 is 1.86 bits per heavy atom. The van der Waals surface area contributed by atoms with Gasteiger partial charge in [0.05, 0.1) is 29.7 Å². The Bertz CT molecular complexity index is 1660. The highest BCUT2D eigenvalue weighted by atomic mass is 32.2. The molecule has 0 bridgehead atoms. The summed E-state index contributed by atoms with van der Waals surface area (Å²) in [4.78, 5) is 17.3. The predicted molar refractivity (Wildman–Crippen MR) is 156 cm³/mol. The number of ketones is 1. The number of thioether (sulfide) groups is 2. The highest BCUT2D eigenvalue weighted by Gasteiger charge is 2.44. The summed E-state index contributed by atoms with van der Waals surface area (Å²) in [6, 6.07) is 10.3. The van der Waals surface area contributed by atoms with Crippen molar-refractivity contribution in [1.82, 2.24) is 14.6 Å². The molecule has 6 rings (SSSR count). The van der Waals surface area contributed by atoms with Crippen LogP contribution in [0, 0.1) is 24.5 Å². The van der Waals surface area contributed by atoms with Crippen molar-refractivity contribution in [2.45, 2.75) is 42.9 Å². The Balaban J connectivity index is 1.47. The van der Waals surface area contributed by atoms with E-state index < -0.39 is 34.9 Å². The normalized spacial score (nSPS) is 16.7. The zero-order valence-electron chi connectivity index (χ0n) is 22.6. The van der Waals surface area contributed by atoms with Crippen LogP contribution in [-0.2, 0) is 4.08 Å². The first-order chi connectivity index (χ1) is 20.0. The van der Waals surface area contributed by atoms with E-state index in [-0.39, 0.29) is 11.3 Å². The van der Waals surface area contributed by atoms with E-state index in [1.165, 1.54) is 28.0 Å². The first-order valence-electron chi connectivity index (χ1n) is 13.6. The number of aryl methyl sites for hydroxylation is 1. The van der Waals surface area contributed by atoms with Crippen molar-refractivity contribution in [3.05, 3.63) is 82.7 Å². The highest BCUT2D eigenvalue weighted by Crippen LogP contribution is 2.57. The van der Waals surface area contributed by atoms with Crippen LogP contribution in [0.1, 0.15) is 52.9 Å². The number of carbonyl (C=O) groups is 1. The quantitative estimate of drug-likeness (QED) is 0.152. The second-order valence-corrected chi connectivity index (χ2v) is 13.5. The smallest absolute Gasteiger partial charge is 0.382 e. The number of aromatic nitrogens is 3. The van der Waals surface area contributed by atoms with Gasteiger partial charge in [0, 0.05) is 41.2 Å². The summed E-state index contributed by atoms with van der Waals surface area (Å²) < 4.78 is 69.0. The topological polar surface area (TPSA) is 59.3 Å². The van der Waals surface area contributed by atoms with Gasteiger partial charge < -0.3 is 5.32 Å². The molecule has 2 aromatic carbocycles. The number of nitrogens with zero attached hydrogens (tertiary/aromatic N) is 3. The number of rotatable bonds is 9. The molecule has 4 aromatic rings. The molecule has 0 atom stereocenters. The van der Waals surface area contributed by atoms with Crippen LogP contribution in [-0.4, -0.2) is 44.6 Å². The molecule has 2 fully saturated rings. The minimum atomic E-state index is -4.36. The Hall–Kier alpha value is -3.12. The largest absolute Gasteiger partial charge is 0.390 e. The zero-order valence-corrected chi connectivity index (χ0v) is 24.2. The number of alkyl halides is 3. The molecule has 3 heterocycles. The van der Waals surface area contributed by atoms with E-state index in [0.717, 1.165) is 36.6 Å². The molecule has 2 aliphatic rings. The number of halogens is 5. The van der Waals surface area contributed by atoms with Crippen LogP contribution in [0.5, 0.6) is 0 Å². The Morgan fingerprint density at radius 1 is 1.10 bits per heavy atom. The molecule has 1 aliphatic carbocycles. The lowest BCUT2D eigenvalue weighted by Crippen LogP contribution is -2.23. The molecule has 42 heavy (non-hydrogen) atoms. The van der Waals surface area contributed by atoms with Gasteiger partial charge in [0.2, 0.25) is 0 Å². The van der Waals surface area contributed by atoms with Crippen LogP contribution >= 0.6 is 23.5 Å². The van der Waals surface area contributed by atoms with Crippen LogP contribution < -0.4 is 5.32 Å². The third-order valence-electron chi connectivity index (χ3n) is 7.50. The average molecular weight is 619 g/mol. The third kappa shape index (κ3) is 5.75. The SMILES string of the molecule is Cc1cc(-c2cnc3c(NCCC(F)(F)F)cc(C4(c5cc(F)ccc5F)SCCS4)nn23)ccc1C(=O)CC1CC1. The molecule has 12 heteroatoms. The molecule has 0 unspecified atom stereocenters. The van der Waals surface area contributed by atoms with Crippen molar-refractivity contribution in [2.75, 3.05) is 23.4 Å². The molecule has 0 amide bonds. The summed E-state index contributed by atoms with van der Waals surface area (Å²) in [5, 5.41) is 7.71. The first kappa shape index (κ1) is 29.0. The van der Waals surface area contributed by atoms with Crippen molar-refractivity contribution in [3.63, 3.8) is 0 Å². The summed E-state index contributed by atoms with van der Waals surface area (Å²) in [5.74, 6) is 0.652. The molecule has 1 N–H and O–H groups in total. The van der Waals surface area contributed by atoms with Gasteiger partial charge in [-0.2, -0.15) is 18.3 Å². The van der Waals surface area contributed by atoms with Gasteiger partial charge in [-0.05, 0) is 61.6 Å². The molecular weight excluding hydrogens is 591 g/mol. The number of carbonyl (C=O) groups excluding carboxylic acids is 1. The third-order valence-corrected chi connectivity index (χ3v) is 11.0. The Morgan fingerprint density at radius 3 is 2.55 bits per heavy atom. The highest BCUT2D eigenvalue weighted by molar-refractivity contribution is 8.20. The lowest BCUT2D eigenvalue weighted by atomic mass is 9.98. The van der Waals surface area contributed by atoms with Crippen LogP contribution in [0.3, 0.4) is 0 Å². The van der Waals surface area contributed by atoms with Gasteiger partial charge in [-0.1, -0.05) is 12.1 Å². The van der Waals surface area contributed by atoms with Crippen LogP contribution in [0.4, 0.5) is 27.6 Å². The Labute approximate surface area is 247 Å². The molecule has 220 valence electrons. The van der Waals surface area contributed by atoms with Crippen molar-refractivity contribution in [2.24, 2.45) is 5.92 Å². The predicted octanol–water partition coefficient (Wildman–Crippen LogP) is 8.01. The van der Waals surface area contributed by atoms with Gasteiger partial charge in [0.15, 0.2) is 11.4 Å². The lowest BCUT2D eigenvalue weighted by Gasteiger charge is -2.28. The summed E-state index contributed by atoms with van der Waals surface area (Å²) >= 11 is 2.80. The fourth-order valence-electron chi connectivity index (χ4n) is 5.23. The number of hydrogen-bond donors (Lipinski definition) is 1. The maximum atomic E-state index is 15.2. The van der Waals surface area contributed by atoms with Gasteiger partial charge >= 0.3 is 6.18 Å². The van der Waals surface area contributed by atoms with E-state index in [4.69, 9.17) is 5.10 Å². The fraction of sp³-hybridized carbons (Fsp3) is 0.367. The average Bonchev–Trinajstić information content (AvgIpc) is 3.42. The number of imidazole rings is 1. The monoisotopic (exact) mass is 618 g/mol. The Kier molecular flexibility index (Phi) is 7.71. The van der Waals surface area contributed by atoms with E-state index in [2.05, 4.69) is 10.3 Å². The molecule has 1 saturated carbocycles. The van der Waals surface area contributed by atoms with Crippen molar-refractivity contribution < 1.29 is 26.7 Å². The fourth-order valence-corrected chi connectivity index (χ4v) is 8.42. The molecular formula is C30H27F5N4OS2. The second-order valence-electron chi connectivity index (χ2n) is 10.7. The molecule has 1 aliphatic heterocycles. The van der Waals surface area contributed by atoms with Gasteiger partial charge in [-0.15, -0.1) is 23.5 Å². The molecule has 0 radical (unpaired) electrons. The maximum Gasteiger partial charge on any atom is 0.390 e. The molecule has 5 nitrogen and oxygen atoms in total. The summed E-state index contributed by atoms with van der Waals surface area (Å²) in [6.45, 7) is 1.46. The summed E-state index contributed by atoms with van der Waals surface area (Å²) in [5.41, 5.74) is 3.78. The second kappa shape index (κ2) is 11.2. The number of nitrogens with one attached hydrogen (secondary N) is 1. The van der Waals surface area contributed by atoms with Gasteiger partial charge in [-0.25, -0.2) is 18.3 Å². The van der Waals surface area contributed by atoms with E-state index in [0.29, 0.717) is 57.7 Å². The maximum absolute atomic E-state index is 15.2. The van der Waals surface area contributed by atoms with E-state index in [9.17, 15) is 22.4 Å². The van der Waals surface area contributed by atoms with Gasteiger partial charge in [-0.3, -0.25) is 4.79 Å². The number of fused-ring (bicyclic) bond motifs is 1. The van der Waals surface area contributed by atoms with Crippen molar-refractivity contribution in [3.8, 4) is 11.3 Å².